The van der Waals surface area contributed by atoms with Crippen molar-refractivity contribution in [3.05, 3.63) is 29.8 Å². The van der Waals surface area contributed by atoms with Gasteiger partial charge < -0.3 is 11.1 Å². The highest BCUT2D eigenvalue weighted by Crippen LogP contribution is 2.21. The molecule has 0 bridgehead atoms. The SMILES string of the molecule is CCC(C)c1ccc(NCC(C)(C)CN)cc1. The molecule has 0 aliphatic rings. The van der Waals surface area contributed by atoms with Crippen LogP contribution in [-0.4, -0.2) is 13.1 Å². The molecule has 0 aliphatic heterocycles. The van der Waals surface area contributed by atoms with Crippen molar-refractivity contribution >= 4 is 5.69 Å². The molecule has 0 saturated carbocycles. The summed E-state index contributed by atoms with van der Waals surface area (Å²) in [5.74, 6) is 0.643. The first kappa shape index (κ1) is 14.0. The number of hydrogen-bond donors (Lipinski definition) is 2. The minimum atomic E-state index is 0.148. The Kier molecular flexibility index (Phi) is 5.01. The van der Waals surface area contributed by atoms with E-state index in [0.29, 0.717) is 12.5 Å². The van der Waals surface area contributed by atoms with Crippen molar-refractivity contribution in [2.45, 2.75) is 40.0 Å². The van der Waals surface area contributed by atoms with E-state index in [1.54, 1.807) is 0 Å². The Morgan fingerprint density at radius 1 is 1.24 bits per heavy atom. The first-order valence-electron chi connectivity index (χ1n) is 6.52. The van der Waals surface area contributed by atoms with Crippen LogP contribution >= 0.6 is 0 Å². The summed E-state index contributed by atoms with van der Waals surface area (Å²) in [6.07, 6.45) is 1.19. The molecule has 0 fully saturated rings. The average molecular weight is 234 g/mol. The van der Waals surface area contributed by atoms with Gasteiger partial charge in [0.05, 0.1) is 0 Å². The molecule has 0 amide bonds. The summed E-state index contributed by atoms with van der Waals surface area (Å²) in [5, 5.41) is 3.44. The summed E-state index contributed by atoms with van der Waals surface area (Å²) in [7, 11) is 0. The number of nitrogens with one attached hydrogen (secondary N) is 1. The predicted octanol–water partition coefficient (Wildman–Crippen LogP) is 3.60. The van der Waals surface area contributed by atoms with Crippen molar-refractivity contribution in [3.8, 4) is 0 Å². The second-order valence-corrected chi connectivity index (χ2v) is 5.65. The molecule has 0 spiro atoms. The van der Waals surface area contributed by atoms with Crippen LogP contribution in [-0.2, 0) is 0 Å². The minimum absolute atomic E-state index is 0.148. The minimum Gasteiger partial charge on any atom is -0.384 e. The van der Waals surface area contributed by atoms with Crippen LogP contribution in [0.25, 0.3) is 0 Å². The molecule has 3 N–H and O–H groups in total. The maximum Gasteiger partial charge on any atom is 0.0340 e. The monoisotopic (exact) mass is 234 g/mol. The summed E-state index contributed by atoms with van der Waals surface area (Å²) in [4.78, 5) is 0. The summed E-state index contributed by atoms with van der Waals surface area (Å²) < 4.78 is 0. The van der Waals surface area contributed by atoms with Crippen molar-refractivity contribution in [1.82, 2.24) is 0 Å². The van der Waals surface area contributed by atoms with E-state index in [1.165, 1.54) is 17.7 Å². The predicted molar refractivity (Wildman–Crippen MR) is 76.5 cm³/mol. The summed E-state index contributed by atoms with van der Waals surface area (Å²) >= 11 is 0. The fourth-order valence-electron chi connectivity index (χ4n) is 1.58. The van der Waals surface area contributed by atoms with Gasteiger partial charge in [-0.05, 0) is 42.0 Å². The van der Waals surface area contributed by atoms with Gasteiger partial charge in [0.1, 0.15) is 0 Å². The van der Waals surface area contributed by atoms with Crippen molar-refractivity contribution in [1.29, 1.82) is 0 Å². The van der Waals surface area contributed by atoms with Gasteiger partial charge in [0.2, 0.25) is 0 Å². The normalized spacial score (nSPS) is 13.5. The summed E-state index contributed by atoms with van der Waals surface area (Å²) in [6.45, 7) is 10.4. The van der Waals surface area contributed by atoms with E-state index in [1.807, 2.05) is 0 Å². The molecule has 1 rings (SSSR count). The number of benzene rings is 1. The van der Waals surface area contributed by atoms with E-state index >= 15 is 0 Å². The van der Waals surface area contributed by atoms with E-state index in [2.05, 4.69) is 57.3 Å². The highest BCUT2D eigenvalue weighted by atomic mass is 14.9. The number of rotatable bonds is 6. The first-order chi connectivity index (χ1) is 7.98. The summed E-state index contributed by atoms with van der Waals surface area (Å²) in [6, 6.07) is 8.75. The van der Waals surface area contributed by atoms with E-state index < -0.39 is 0 Å². The molecule has 0 radical (unpaired) electrons. The lowest BCUT2D eigenvalue weighted by molar-refractivity contribution is 0.405. The van der Waals surface area contributed by atoms with Crippen molar-refractivity contribution in [3.63, 3.8) is 0 Å². The maximum atomic E-state index is 5.71. The van der Waals surface area contributed by atoms with E-state index in [-0.39, 0.29) is 5.41 Å². The molecular formula is C15H26N2. The van der Waals surface area contributed by atoms with E-state index in [0.717, 1.165) is 6.54 Å². The second-order valence-electron chi connectivity index (χ2n) is 5.65. The molecule has 96 valence electrons. The molecule has 1 unspecified atom stereocenters. The molecule has 0 aromatic heterocycles. The Labute approximate surface area is 106 Å². The number of nitrogens with two attached hydrogens (primary N) is 1. The largest absolute Gasteiger partial charge is 0.384 e. The quantitative estimate of drug-likeness (QED) is 0.789. The van der Waals surface area contributed by atoms with Gasteiger partial charge in [-0.15, -0.1) is 0 Å². The van der Waals surface area contributed by atoms with Gasteiger partial charge in [-0.2, -0.15) is 0 Å². The molecule has 0 saturated heterocycles. The van der Waals surface area contributed by atoms with Crippen molar-refractivity contribution in [2.75, 3.05) is 18.4 Å². The zero-order valence-corrected chi connectivity index (χ0v) is 11.6. The average Bonchev–Trinajstić information content (AvgIpc) is 2.36. The molecule has 2 heteroatoms. The van der Waals surface area contributed by atoms with E-state index in [4.69, 9.17) is 5.73 Å². The third-order valence-corrected chi connectivity index (χ3v) is 3.42. The third kappa shape index (κ3) is 4.39. The lowest BCUT2D eigenvalue weighted by atomic mass is 9.93. The number of hydrogen-bond acceptors (Lipinski definition) is 2. The smallest absolute Gasteiger partial charge is 0.0340 e. The topological polar surface area (TPSA) is 38.0 Å². The van der Waals surface area contributed by atoms with Gasteiger partial charge in [0, 0.05) is 12.2 Å². The standard InChI is InChI=1S/C15H26N2/c1-5-12(2)13-6-8-14(9-7-13)17-11-15(3,4)10-16/h6-9,12,17H,5,10-11,16H2,1-4H3. The Hall–Kier alpha value is -1.02. The van der Waals surface area contributed by atoms with Gasteiger partial charge >= 0.3 is 0 Å². The maximum absolute atomic E-state index is 5.71. The second kappa shape index (κ2) is 6.06. The fraction of sp³-hybridized carbons (Fsp3) is 0.600. The van der Waals surface area contributed by atoms with Crippen LogP contribution in [0.2, 0.25) is 0 Å². The molecule has 2 nitrogen and oxygen atoms in total. The lowest BCUT2D eigenvalue weighted by Gasteiger charge is -2.23. The highest BCUT2D eigenvalue weighted by Gasteiger charge is 2.14. The van der Waals surface area contributed by atoms with Crippen molar-refractivity contribution in [2.24, 2.45) is 11.1 Å². The summed E-state index contributed by atoms with van der Waals surface area (Å²) in [5.41, 5.74) is 8.45. The van der Waals surface area contributed by atoms with Gasteiger partial charge in [-0.25, -0.2) is 0 Å². The molecular weight excluding hydrogens is 208 g/mol. The molecule has 0 aliphatic carbocycles. The Morgan fingerprint density at radius 2 is 1.82 bits per heavy atom. The first-order valence-corrected chi connectivity index (χ1v) is 6.52. The van der Waals surface area contributed by atoms with Crippen LogP contribution in [0.1, 0.15) is 45.6 Å². The molecule has 1 aromatic rings. The van der Waals surface area contributed by atoms with Gasteiger partial charge in [-0.3, -0.25) is 0 Å². The van der Waals surface area contributed by atoms with Crippen LogP contribution in [0.15, 0.2) is 24.3 Å². The highest BCUT2D eigenvalue weighted by molar-refractivity contribution is 5.45. The zero-order valence-electron chi connectivity index (χ0n) is 11.6. The van der Waals surface area contributed by atoms with Crippen LogP contribution in [0.4, 0.5) is 5.69 Å². The van der Waals surface area contributed by atoms with Crippen LogP contribution in [0, 0.1) is 5.41 Å². The lowest BCUT2D eigenvalue weighted by Crippen LogP contribution is -2.31. The van der Waals surface area contributed by atoms with Gasteiger partial charge in [-0.1, -0.05) is 39.8 Å². The Morgan fingerprint density at radius 3 is 2.29 bits per heavy atom. The van der Waals surface area contributed by atoms with Gasteiger partial charge in [0.25, 0.3) is 0 Å². The zero-order chi connectivity index (χ0) is 12.9. The molecule has 0 heterocycles. The van der Waals surface area contributed by atoms with Crippen LogP contribution in [0.5, 0.6) is 0 Å². The third-order valence-electron chi connectivity index (χ3n) is 3.42. The van der Waals surface area contributed by atoms with Crippen LogP contribution in [0.3, 0.4) is 0 Å². The van der Waals surface area contributed by atoms with Crippen molar-refractivity contribution < 1.29 is 0 Å². The number of anilines is 1. The molecule has 1 aromatic carbocycles. The Bertz CT molecular complexity index is 327. The van der Waals surface area contributed by atoms with Gasteiger partial charge in [0.15, 0.2) is 0 Å². The Balaban J connectivity index is 2.57. The molecule has 1 atom stereocenters. The fourth-order valence-corrected chi connectivity index (χ4v) is 1.58. The molecule has 17 heavy (non-hydrogen) atoms. The van der Waals surface area contributed by atoms with E-state index in [9.17, 15) is 0 Å². The van der Waals surface area contributed by atoms with Crippen LogP contribution < -0.4 is 11.1 Å².